The minimum atomic E-state index is -1.41. The van der Waals surface area contributed by atoms with Gasteiger partial charge in [0.1, 0.15) is 11.5 Å². The molecule has 112 valence electrons. The smallest absolute Gasteiger partial charge is 0.339 e. The monoisotopic (exact) mass is 283 g/mol. The maximum atomic E-state index is 11.7. The van der Waals surface area contributed by atoms with Gasteiger partial charge in [0.2, 0.25) is 0 Å². The van der Waals surface area contributed by atoms with Crippen molar-refractivity contribution >= 4 is 11.7 Å². The lowest BCUT2D eigenvalue weighted by molar-refractivity contribution is -0.153. The summed E-state index contributed by atoms with van der Waals surface area (Å²) in [5.74, 6) is 0.217. The second-order valence-electron chi connectivity index (χ2n) is 4.32. The van der Waals surface area contributed by atoms with Crippen molar-refractivity contribution in [2.45, 2.75) is 13.0 Å². The molecule has 1 aromatic rings. The predicted octanol–water partition coefficient (Wildman–Crippen LogP) is 1.37. The largest absolute Gasteiger partial charge is 0.496 e. The number of esters is 1. The molecule has 0 aromatic heterocycles. The summed E-state index contributed by atoms with van der Waals surface area (Å²) >= 11 is 0. The van der Waals surface area contributed by atoms with Crippen molar-refractivity contribution in [3.63, 3.8) is 0 Å². The third kappa shape index (κ3) is 3.33. The molecule has 0 amide bonds. The lowest BCUT2D eigenvalue weighted by atomic mass is 10.1. The van der Waals surface area contributed by atoms with Gasteiger partial charge in [-0.05, 0) is 13.0 Å². The Bertz CT molecular complexity index is 473. The molecule has 0 aliphatic rings. The highest BCUT2D eigenvalue weighted by Crippen LogP contribution is 2.37. The Hall–Kier alpha value is -1.95. The number of ether oxygens (including phenoxy) is 3. The van der Waals surface area contributed by atoms with Crippen molar-refractivity contribution in [3.8, 4) is 11.5 Å². The molecule has 1 atom stereocenters. The highest BCUT2D eigenvalue weighted by Gasteiger charge is 2.25. The second kappa shape index (κ2) is 7.00. The summed E-state index contributed by atoms with van der Waals surface area (Å²) in [7, 11) is 6.72. The predicted molar refractivity (Wildman–Crippen MR) is 75.5 cm³/mol. The molecular formula is C14H21NO5. The van der Waals surface area contributed by atoms with Crippen molar-refractivity contribution in [1.29, 1.82) is 0 Å². The number of rotatable bonds is 6. The van der Waals surface area contributed by atoms with Crippen LogP contribution in [0.4, 0.5) is 5.69 Å². The average molecular weight is 283 g/mol. The molecule has 0 radical (unpaired) electrons. The first kappa shape index (κ1) is 16.1. The van der Waals surface area contributed by atoms with Crippen LogP contribution in [0.5, 0.6) is 11.5 Å². The Labute approximate surface area is 118 Å². The first-order valence-corrected chi connectivity index (χ1v) is 6.24. The number of anilines is 1. The minimum Gasteiger partial charge on any atom is -0.496 e. The van der Waals surface area contributed by atoms with Crippen LogP contribution in [0.2, 0.25) is 0 Å². The summed E-state index contributed by atoms with van der Waals surface area (Å²) in [4.78, 5) is 13.5. The van der Waals surface area contributed by atoms with Gasteiger partial charge in [0.05, 0.1) is 26.5 Å². The summed E-state index contributed by atoms with van der Waals surface area (Å²) in [6, 6.07) is 3.28. The molecule has 6 nitrogen and oxygen atoms in total. The molecule has 0 aliphatic carbocycles. The summed E-state index contributed by atoms with van der Waals surface area (Å²) in [6.07, 6.45) is -1.41. The van der Waals surface area contributed by atoms with Gasteiger partial charge in [0, 0.05) is 25.7 Å². The molecule has 0 aliphatic heterocycles. The molecule has 1 unspecified atom stereocenters. The number of carbonyl (C=O) groups is 1. The normalized spacial score (nSPS) is 11.7. The van der Waals surface area contributed by atoms with Gasteiger partial charge in [-0.3, -0.25) is 0 Å². The van der Waals surface area contributed by atoms with E-state index in [0.29, 0.717) is 17.1 Å². The summed E-state index contributed by atoms with van der Waals surface area (Å²) in [6.45, 7) is 1.88. The van der Waals surface area contributed by atoms with E-state index in [2.05, 4.69) is 0 Å². The Kier molecular flexibility index (Phi) is 5.64. The molecule has 0 heterocycles. The van der Waals surface area contributed by atoms with Crippen LogP contribution < -0.4 is 14.4 Å². The van der Waals surface area contributed by atoms with E-state index in [1.54, 1.807) is 19.1 Å². The van der Waals surface area contributed by atoms with Crippen LogP contribution in [-0.2, 0) is 9.53 Å². The zero-order chi connectivity index (χ0) is 15.3. The fourth-order valence-electron chi connectivity index (χ4n) is 1.82. The molecule has 0 saturated carbocycles. The molecule has 0 saturated heterocycles. The molecule has 1 N–H and O–H groups in total. The number of aliphatic hydroxyl groups is 1. The van der Waals surface area contributed by atoms with Gasteiger partial charge in [-0.2, -0.15) is 0 Å². The van der Waals surface area contributed by atoms with Gasteiger partial charge in [0.25, 0.3) is 0 Å². The number of methoxy groups -OCH3 is 2. The van der Waals surface area contributed by atoms with Gasteiger partial charge >= 0.3 is 5.97 Å². The van der Waals surface area contributed by atoms with Crippen LogP contribution in [0.3, 0.4) is 0 Å². The van der Waals surface area contributed by atoms with Crippen molar-refractivity contribution in [2.24, 2.45) is 0 Å². The first-order valence-electron chi connectivity index (χ1n) is 6.24. The number of carbonyl (C=O) groups excluding carboxylic acids is 1. The molecule has 6 heteroatoms. The fourth-order valence-corrected chi connectivity index (χ4v) is 1.82. The highest BCUT2D eigenvalue weighted by molar-refractivity contribution is 5.78. The molecule has 1 aromatic carbocycles. The van der Waals surface area contributed by atoms with Gasteiger partial charge in [-0.25, -0.2) is 4.79 Å². The molecule has 20 heavy (non-hydrogen) atoms. The quantitative estimate of drug-likeness (QED) is 0.795. The van der Waals surface area contributed by atoms with Gasteiger partial charge in [0.15, 0.2) is 6.10 Å². The summed E-state index contributed by atoms with van der Waals surface area (Å²) in [5.41, 5.74) is 1.09. The summed E-state index contributed by atoms with van der Waals surface area (Å²) in [5, 5.41) is 10.1. The van der Waals surface area contributed by atoms with Crippen LogP contribution in [0, 0.1) is 0 Å². The van der Waals surface area contributed by atoms with E-state index in [1.807, 2.05) is 19.0 Å². The van der Waals surface area contributed by atoms with E-state index in [9.17, 15) is 9.90 Å². The Balaban J connectivity index is 3.28. The number of nitrogens with zero attached hydrogens (tertiary/aromatic N) is 1. The molecule has 0 bridgehead atoms. The maximum Gasteiger partial charge on any atom is 0.339 e. The lowest BCUT2D eigenvalue weighted by Gasteiger charge is -2.21. The van der Waals surface area contributed by atoms with E-state index in [1.165, 1.54) is 14.2 Å². The van der Waals surface area contributed by atoms with Crippen LogP contribution in [0.15, 0.2) is 12.1 Å². The Morgan fingerprint density at radius 3 is 2.30 bits per heavy atom. The van der Waals surface area contributed by atoms with Crippen LogP contribution in [0.25, 0.3) is 0 Å². The topological polar surface area (TPSA) is 68.2 Å². The standard InChI is InChI=1S/C14H21NO5/c1-6-20-14(17)13(16)9-7-12(19-5)10(15(2)3)8-11(9)18-4/h7-8,13,16H,6H2,1-5H3. The number of aliphatic hydroxyl groups excluding tert-OH is 1. The van der Waals surface area contributed by atoms with E-state index < -0.39 is 12.1 Å². The first-order chi connectivity index (χ1) is 9.46. The lowest BCUT2D eigenvalue weighted by Crippen LogP contribution is -2.17. The Morgan fingerprint density at radius 1 is 1.25 bits per heavy atom. The van der Waals surface area contributed by atoms with Crippen molar-refractivity contribution in [2.75, 3.05) is 39.8 Å². The third-order valence-electron chi connectivity index (χ3n) is 2.82. The molecule has 0 fully saturated rings. The maximum absolute atomic E-state index is 11.7. The van der Waals surface area contributed by atoms with E-state index >= 15 is 0 Å². The fraction of sp³-hybridized carbons (Fsp3) is 0.500. The second-order valence-corrected chi connectivity index (χ2v) is 4.32. The van der Waals surface area contributed by atoms with E-state index in [0.717, 1.165) is 5.69 Å². The number of hydrogen-bond donors (Lipinski definition) is 1. The zero-order valence-electron chi connectivity index (χ0n) is 12.5. The van der Waals surface area contributed by atoms with Gasteiger partial charge in [-0.1, -0.05) is 0 Å². The van der Waals surface area contributed by atoms with Gasteiger partial charge in [-0.15, -0.1) is 0 Å². The van der Waals surface area contributed by atoms with E-state index in [4.69, 9.17) is 14.2 Å². The van der Waals surface area contributed by atoms with Crippen molar-refractivity contribution in [3.05, 3.63) is 17.7 Å². The molecule has 0 spiro atoms. The summed E-state index contributed by atoms with van der Waals surface area (Å²) < 4.78 is 15.3. The highest BCUT2D eigenvalue weighted by atomic mass is 16.5. The zero-order valence-corrected chi connectivity index (χ0v) is 12.5. The van der Waals surface area contributed by atoms with Gasteiger partial charge < -0.3 is 24.2 Å². The number of hydrogen-bond acceptors (Lipinski definition) is 6. The Morgan fingerprint density at radius 2 is 1.85 bits per heavy atom. The molecule has 1 rings (SSSR count). The van der Waals surface area contributed by atoms with Crippen LogP contribution >= 0.6 is 0 Å². The van der Waals surface area contributed by atoms with Crippen LogP contribution in [-0.4, -0.2) is 46.0 Å². The SMILES string of the molecule is CCOC(=O)C(O)c1cc(OC)c(N(C)C)cc1OC. The minimum absolute atomic E-state index is 0.200. The average Bonchev–Trinajstić information content (AvgIpc) is 2.44. The van der Waals surface area contributed by atoms with Crippen LogP contribution in [0.1, 0.15) is 18.6 Å². The van der Waals surface area contributed by atoms with E-state index in [-0.39, 0.29) is 6.61 Å². The molecular weight excluding hydrogens is 262 g/mol. The third-order valence-corrected chi connectivity index (χ3v) is 2.82. The van der Waals surface area contributed by atoms with Crippen molar-refractivity contribution in [1.82, 2.24) is 0 Å². The van der Waals surface area contributed by atoms with Crippen molar-refractivity contribution < 1.29 is 24.1 Å². The number of benzene rings is 1.